The van der Waals surface area contributed by atoms with Gasteiger partial charge in [0.1, 0.15) is 17.7 Å². The number of rotatable bonds is 1. The van der Waals surface area contributed by atoms with Crippen LogP contribution in [0.25, 0.3) is 0 Å². The van der Waals surface area contributed by atoms with Crippen LogP contribution in [-0.2, 0) is 9.53 Å². The zero-order valence-corrected chi connectivity index (χ0v) is 9.89. The minimum atomic E-state index is -0.268. The molecule has 1 amide bonds. The minimum Gasteiger partial charge on any atom is -0.480 e. The number of nitrogens with zero attached hydrogens (tertiary/aromatic N) is 1. The monoisotopic (exact) mass is 245 g/mol. The Morgan fingerprint density at radius 3 is 2.78 bits per heavy atom. The molecule has 0 aromatic heterocycles. The second-order valence-electron chi connectivity index (χ2n) is 4.46. The van der Waals surface area contributed by atoms with E-state index >= 15 is 0 Å². The Morgan fingerprint density at radius 2 is 2.06 bits per heavy atom. The first kappa shape index (κ1) is 11.0. The fourth-order valence-corrected chi connectivity index (χ4v) is 2.12. The van der Waals surface area contributed by atoms with Crippen molar-refractivity contribution in [2.24, 2.45) is 0 Å². The van der Waals surface area contributed by atoms with Crippen LogP contribution in [0, 0.1) is 5.82 Å². The van der Waals surface area contributed by atoms with Gasteiger partial charge in [0, 0.05) is 18.8 Å². The molecule has 0 saturated heterocycles. The Labute approximate surface area is 104 Å². The van der Waals surface area contributed by atoms with E-state index < -0.39 is 0 Å². The normalized spacial score (nSPS) is 22.2. The van der Waals surface area contributed by atoms with Crippen LogP contribution >= 0.6 is 0 Å². The molecule has 0 radical (unpaired) electrons. The predicted molar refractivity (Wildman–Crippen MR) is 63.8 cm³/mol. The number of ether oxygens (including phenoxy) is 1. The largest absolute Gasteiger partial charge is 0.480 e. The van der Waals surface area contributed by atoms with Crippen molar-refractivity contribution < 1.29 is 13.9 Å². The molecule has 0 saturated carbocycles. The quantitative estimate of drug-likeness (QED) is 0.761. The molecule has 3 nitrogen and oxygen atoms in total. The van der Waals surface area contributed by atoms with Gasteiger partial charge in [0.05, 0.1) is 6.42 Å². The Hall–Kier alpha value is -2.10. The summed E-state index contributed by atoms with van der Waals surface area (Å²) in [6, 6.07) is 6.21. The van der Waals surface area contributed by atoms with Gasteiger partial charge in [-0.15, -0.1) is 0 Å². The van der Waals surface area contributed by atoms with Gasteiger partial charge in [-0.1, -0.05) is 12.1 Å². The summed E-state index contributed by atoms with van der Waals surface area (Å²) >= 11 is 0. The third-order valence-electron chi connectivity index (χ3n) is 3.17. The number of amides is 1. The lowest BCUT2D eigenvalue weighted by Crippen LogP contribution is -2.25. The van der Waals surface area contributed by atoms with Crippen molar-refractivity contribution in [3.05, 3.63) is 59.3 Å². The summed E-state index contributed by atoms with van der Waals surface area (Å²) in [6.07, 6.45) is 3.75. The number of hydrogen-bond acceptors (Lipinski definition) is 2. The molecular formula is C14H12FNO2. The molecule has 2 aliphatic rings. The van der Waals surface area contributed by atoms with Crippen molar-refractivity contribution in [1.82, 2.24) is 4.90 Å². The summed E-state index contributed by atoms with van der Waals surface area (Å²) in [5.41, 5.74) is 1.79. The standard InChI is InChI=1S/C14H12FNO2/c1-16-8-13-10(7-14(16)17)6-12(18-13)9-2-4-11(15)5-3-9/h2-6,8,12H,7H2,1H3. The second kappa shape index (κ2) is 3.98. The van der Waals surface area contributed by atoms with Crippen LogP contribution in [0.2, 0.25) is 0 Å². The van der Waals surface area contributed by atoms with Gasteiger partial charge in [-0.2, -0.15) is 0 Å². The summed E-state index contributed by atoms with van der Waals surface area (Å²) in [7, 11) is 1.71. The van der Waals surface area contributed by atoms with E-state index in [0.717, 1.165) is 16.9 Å². The van der Waals surface area contributed by atoms with E-state index in [1.807, 2.05) is 6.08 Å². The number of carbonyl (C=O) groups is 1. The molecule has 18 heavy (non-hydrogen) atoms. The molecule has 4 heteroatoms. The first-order valence-corrected chi connectivity index (χ1v) is 5.74. The summed E-state index contributed by atoms with van der Waals surface area (Å²) in [5, 5.41) is 0. The first-order valence-electron chi connectivity index (χ1n) is 5.74. The highest BCUT2D eigenvalue weighted by molar-refractivity contribution is 5.82. The molecule has 92 valence electrons. The SMILES string of the molecule is CN1C=C2OC(c3ccc(F)cc3)C=C2CC1=O. The fraction of sp³-hybridized carbons (Fsp3) is 0.214. The molecule has 2 heterocycles. The highest BCUT2D eigenvalue weighted by Crippen LogP contribution is 2.37. The van der Waals surface area contributed by atoms with Gasteiger partial charge in [0.15, 0.2) is 0 Å². The van der Waals surface area contributed by atoms with Crippen LogP contribution < -0.4 is 0 Å². The van der Waals surface area contributed by atoms with Gasteiger partial charge in [0.25, 0.3) is 0 Å². The lowest BCUT2D eigenvalue weighted by atomic mass is 10.0. The maximum Gasteiger partial charge on any atom is 0.230 e. The molecular weight excluding hydrogens is 233 g/mol. The molecule has 1 unspecified atom stereocenters. The molecule has 0 spiro atoms. The summed E-state index contributed by atoms with van der Waals surface area (Å²) in [6.45, 7) is 0. The highest BCUT2D eigenvalue weighted by atomic mass is 19.1. The molecule has 1 aromatic carbocycles. The van der Waals surface area contributed by atoms with Gasteiger partial charge in [-0.25, -0.2) is 4.39 Å². The van der Waals surface area contributed by atoms with E-state index in [2.05, 4.69) is 0 Å². The summed E-state index contributed by atoms with van der Waals surface area (Å²) in [4.78, 5) is 13.1. The van der Waals surface area contributed by atoms with E-state index in [-0.39, 0.29) is 17.8 Å². The number of allylic oxidation sites excluding steroid dienone is 1. The van der Waals surface area contributed by atoms with Crippen LogP contribution in [0.5, 0.6) is 0 Å². The molecule has 0 N–H and O–H groups in total. The molecule has 0 fully saturated rings. The summed E-state index contributed by atoms with van der Waals surface area (Å²) in [5.74, 6) is 0.510. The van der Waals surface area contributed by atoms with E-state index in [0.29, 0.717) is 6.42 Å². The van der Waals surface area contributed by atoms with Crippen molar-refractivity contribution in [3.63, 3.8) is 0 Å². The molecule has 0 bridgehead atoms. The zero-order valence-electron chi connectivity index (χ0n) is 9.89. The van der Waals surface area contributed by atoms with E-state index in [9.17, 15) is 9.18 Å². The Morgan fingerprint density at radius 1 is 1.33 bits per heavy atom. The van der Waals surface area contributed by atoms with Gasteiger partial charge >= 0.3 is 0 Å². The average Bonchev–Trinajstić information content (AvgIpc) is 2.73. The van der Waals surface area contributed by atoms with Gasteiger partial charge in [-0.3, -0.25) is 4.79 Å². The lowest BCUT2D eigenvalue weighted by molar-refractivity contribution is -0.127. The van der Waals surface area contributed by atoms with Crippen LogP contribution in [0.1, 0.15) is 18.1 Å². The topological polar surface area (TPSA) is 29.5 Å². The maximum atomic E-state index is 12.9. The Kier molecular flexibility index (Phi) is 2.44. The fourth-order valence-electron chi connectivity index (χ4n) is 2.12. The lowest BCUT2D eigenvalue weighted by Gasteiger charge is -2.20. The van der Waals surface area contributed by atoms with Crippen LogP contribution in [0.3, 0.4) is 0 Å². The maximum absolute atomic E-state index is 12.9. The van der Waals surface area contributed by atoms with E-state index in [1.54, 1.807) is 25.4 Å². The first-order chi connectivity index (χ1) is 8.63. The third-order valence-corrected chi connectivity index (χ3v) is 3.17. The van der Waals surface area contributed by atoms with Crippen molar-refractivity contribution in [3.8, 4) is 0 Å². The van der Waals surface area contributed by atoms with Crippen LogP contribution in [0.15, 0.2) is 47.9 Å². The van der Waals surface area contributed by atoms with Gasteiger partial charge in [-0.05, 0) is 23.8 Å². The van der Waals surface area contributed by atoms with E-state index in [1.165, 1.54) is 17.0 Å². The number of carbonyl (C=O) groups excluding carboxylic acids is 1. The van der Waals surface area contributed by atoms with Gasteiger partial charge in [0.2, 0.25) is 5.91 Å². The predicted octanol–water partition coefficient (Wildman–Crippen LogP) is 2.53. The van der Waals surface area contributed by atoms with Crippen LogP contribution in [-0.4, -0.2) is 17.9 Å². The molecule has 0 aliphatic carbocycles. The van der Waals surface area contributed by atoms with E-state index in [4.69, 9.17) is 4.74 Å². The zero-order chi connectivity index (χ0) is 12.7. The smallest absolute Gasteiger partial charge is 0.230 e. The van der Waals surface area contributed by atoms with Gasteiger partial charge < -0.3 is 9.64 Å². The Balaban J connectivity index is 1.89. The van der Waals surface area contributed by atoms with Crippen molar-refractivity contribution in [1.29, 1.82) is 0 Å². The molecule has 2 aliphatic heterocycles. The second-order valence-corrected chi connectivity index (χ2v) is 4.46. The van der Waals surface area contributed by atoms with Crippen molar-refractivity contribution in [2.45, 2.75) is 12.5 Å². The molecule has 1 atom stereocenters. The van der Waals surface area contributed by atoms with Crippen molar-refractivity contribution >= 4 is 5.91 Å². The minimum absolute atomic E-state index is 0.0494. The average molecular weight is 245 g/mol. The molecule has 3 rings (SSSR count). The molecule has 1 aromatic rings. The number of halogens is 1. The highest BCUT2D eigenvalue weighted by Gasteiger charge is 2.29. The summed E-state index contributed by atoms with van der Waals surface area (Å²) < 4.78 is 18.6. The van der Waals surface area contributed by atoms with Crippen LogP contribution in [0.4, 0.5) is 4.39 Å². The third kappa shape index (κ3) is 1.79. The number of fused-ring (bicyclic) bond motifs is 1. The number of hydrogen-bond donors (Lipinski definition) is 0. The number of benzene rings is 1. The van der Waals surface area contributed by atoms with Crippen molar-refractivity contribution in [2.75, 3.05) is 7.05 Å². The Bertz CT molecular complexity index is 560.